The van der Waals surface area contributed by atoms with E-state index in [4.69, 9.17) is 14.2 Å². The van der Waals surface area contributed by atoms with Crippen LogP contribution >= 0.6 is 0 Å². The van der Waals surface area contributed by atoms with Gasteiger partial charge >= 0.3 is 0 Å². The van der Waals surface area contributed by atoms with Crippen LogP contribution in [0.5, 0.6) is 17.2 Å². The topological polar surface area (TPSA) is 60.6 Å². The first-order valence-corrected chi connectivity index (χ1v) is 8.19. The van der Waals surface area contributed by atoms with Crippen molar-refractivity contribution in [3.63, 3.8) is 0 Å². The molecule has 3 aromatic rings. The quantitative estimate of drug-likeness (QED) is 0.737. The van der Waals surface area contributed by atoms with Gasteiger partial charge in [0.2, 0.25) is 0 Å². The van der Waals surface area contributed by atoms with Crippen LogP contribution in [0.15, 0.2) is 47.4 Å². The Morgan fingerprint density at radius 3 is 2.44 bits per heavy atom. The average Bonchev–Trinajstić information content (AvgIpc) is 2.66. The van der Waals surface area contributed by atoms with Crippen molar-refractivity contribution in [2.45, 2.75) is 13.3 Å². The molecule has 25 heavy (non-hydrogen) atoms. The Labute approximate surface area is 146 Å². The number of hydrogen-bond acceptors (Lipinski definition) is 4. The minimum Gasteiger partial charge on any atom is -0.493 e. The number of aromatic amines is 1. The number of methoxy groups -OCH3 is 2. The Bertz CT molecular complexity index is 946. The van der Waals surface area contributed by atoms with Crippen molar-refractivity contribution in [3.8, 4) is 28.4 Å². The van der Waals surface area contributed by atoms with E-state index in [1.54, 1.807) is 32.5 Å². The van der Waals surface area contributed by atoms with Crippen LogP contribution in [0.1, 0.15) is 13.3 Å². The smallest absolute Gasteiger partial charge is 0.197 e. The molecule has 2 aromatic carbocycles. The summed E-state index contributed by atoms with van der Waals surface area (Å²) in [5.74, 6) is 1.80. The molecule has 0 aliphatic carbocycles. The lowest BCUT2D eigenvalue weighted by Gasteiger charge is -2.13. The predicted molar refractivity (Wildman–Crippen MR) is 98.9 cm³/mol. The summed E-state index contributed by atoms with van der Waals surface area (Å²) in [6.45, 7) is 2.65. The maximum absolute atomic E-state index is 13.1. The molecule has 5 heteroatoms. The Morgan fingerprint density at radius 1 is 0.960 bits per heavy atom. The monoisotopic (exact) mass is 339 g/mol. The molecule has 0 aliphatic rings. The zero-order valence-electron chi connectivity index (χ0n) is 14.6. The molecular formula is C20H21NO4. The molecule has 0 amide bonds. The highest BCUT2D eigenvalue weighted by Gasteiger charge is 2.16. The summed E-state index contributed by atoms with van der Waals surface area (Å²) >= 11 is 0. The number of nitrogens with one attached hydrogen (secondary N) is 1. The second-order valence-corrected chi connectivity index (χ2v) is 5.60. The highest BCUT2D eigenvalue weighted by molar-refractivity contribution is 5.89. The molecule has 0 fully saturated rings. The fourth-order valence-corrected chi connectivity index (χ4v) is 2.86. The molecule has 3 rings (SSSR count). The number of pyridine rings is 1. The Kier molecular flexibility index (Phi) is 4.93. The van der Waals surface area contributed by atoms with Crippen LogP contribution in [0.2, 0.25) is 0 Å². The largest absolute Gasteiger partial charge is 0.493 e. The number of aromatic nitrogens is 1. The van der Waals surface area contributed by atoms with Gasteiger partial charge in [-0.15, -0.1) is 0 Å². The highest BCUT2D eigenvalue weighted by Crippen LogP contribution is 2.37. The molecule has 0 spiro atoms. The summed E-state index contributed by atoms with van der Waals surface area (Å²) in [5.41, 5.74) is 1.83. The van der Waals surface area contributed by atoms with Crippen LogP contribution in [-0.4, -0.2) is 25.8 Å². The van der Waals surface area contributed by atoms with Gasteiger partial charge in [0.25, 0.3) is 0 Å². The molecule has 0 atom stereocenters. The number of benzene rings is 2. The van der Waals surface area contributed by atoms with E-state index in [1.165, 1.54) is 0 Å². The molecule has 5 nitrogen and oxygen atoms in total. The SMILES string of the molecule is CCCOc1cccc2c(=O)c(-c3cccc(OC)c3OC)c[nH]c12. The van der Waals surface area contributed by atoms with Crippen LogP contribution in [0.25, 0.3) is 22.0 Å². The Hall–Kier alpha value is -2.95. The zero-order chi connectivity index (χ0) is 17.8. The van der Waals surface area contributed by atoms with Crippen LogP contribution in [-0.2, 0) is 0 Å². The van der Waals surface area contributed by atoms with Crippen molar-refractivity contribution in [3.05, 3.63) is 52.8 Å². The van der Waals surface area contributed by atoms with Crippen molar-refractivity contribution < 1.29 is 14.2 Å². The third-order valence-corrected chi connectivity index (χ3v) is 4.03. The number of H-pyrrole nitrogens is 1. The van der Waals surface area contributed by atoms with Gasteiger partial charge in [0.05, 0.1) is 26.3 Å². The summed E-state index contributed by atoms with van der Waals surface area (Å²) in [7, 11) is 3.14. The van der Waals surface area contributed by atoms with E-state index in [-0.39, 0.29) is 5.43 Å². The molecular weight excluding hydrogens is 318 g/mol. The van der Waals surface area contributed by atoms with Crippen molar-refractivity contribution in [2.24, 2.45) is 0 Å². The first-order valence-electron chi connectivity index (χ1n) is 8.19. The predicted octanol–water partition coefficient (Wildman–Crippen LogP) is 4.00. The lowest BCUT2D eigenvalue weighted by atomic mass is 10.0. The fraction of sp³-hybridized carbons (Fsp3) is 0.250. The molecule has 0 unspecified atom stereocenters. The maximum Gasteiger partial charge on any atom is 0.197 e. The highest BCUT2D eigenvalue weighted by atomic mass is 16.5. The van der Waals surface area contributed by atoms with Gasteiger partial charge in [-0.25, -0.2) is 0 Å². The molecule has 0 saturated heterocycles. The number of fused-ring (bicyclic) bond motifs is 1. The van der Waals surface area contributed by atoms with E-state index in [2.05, 4.69) is 4.98 Å². The molecule has 130 valence electrons. The molecule has 1 aromatic heterocycles. The minimum atomic E-state index is -0.0812. The number of para-hydroxylation sites is 2. The molecule has 0 radical (unpaired) electrons. The summed E-state index contributed by atoms with van der Waals surface area (Å²) in [5, 5.41) is 0.580. The van der Waals surface area contributed by atoms with Crippen molar-refractivity contribution in [2.75, 3.05) is 20.8 Å². The summed E-state index contributed by atoms with van der Waals surface area (Å²) in [4.78, 5) is 16.3. The normalized spacial score (nSPS) is 10.7. The van der Waals surface area contributed by atoms with Gasteiger partial charge in [-0.2, -0.15) is 0 Å². The zero-order valence-corrected chi connectivity index (χ0v) is 14.6. The van der Waals surface area contributed by atoms with Gasteiger partial charge in [-0.05, 0) is 24.6 Å². The van der Waals surface area contributed by atoms with Gasteiger partial charge in [-0.3, -0.25) is 4.79 Å². The van der Waals surface area contributed by atoms with Crippen molar-refractivity contribution in [1.82, 2.24) is 4.98 Å². The van der Waals surface area contributed by atoms with Crippen LogP contribution in [0.4, 0.5) is 0 Å². The van der Waals surface area contributed by atoms with Gasteiger partial charge in [0, 0.05) is 22.7 Å². The first kappa shape index (κ1) is 16.9. The summed E-state index contributed by atoms with van der Waals surface area (Å²) < 4.78 is 16.5. The van der Waals surface area contributed by atoms with Crippen LogP contribution in [0, 0.1) is 0 Å². The lowest BCUT2D eigenvalue weighted by Crippen LogP contribution is -2.08. The standard InChI is InChI=1S/C20H21NO4/c1-4-11-25-16-9-6-8-14-18(16)21-12-15(19(14)22)13-7-5-10-17(23-2)20(13)24-3/h5-10,12H,4,11H2,1-3H3,(H,21,22). The van der Waals surface area contributed by atoms with E-state index in [0.717, 1.165) is 6.42 Å². The summed E-state index contributed by atoms with van der Waals surface area (Å²) in [6.07, 6.45) is 2.60. The molecule has 0 aliphatic heterocycles. The minimum absolute atomic E-state index is 0.0812. The van der Waals surface area contributed by atoms with Crippen molar-refractivity contribution >= 4 is 10.9 Å². The van der Waals surface area contributed by atoms with Crippen LogP contribution in [0.3, 0.4) is 0 Å². The second kappa shape index (κ2) is 7.30. The number of ether oxygens (including phenoxy) is 3. The van der Waals surface area contributed by atoms with Gasteiger partial charge in [0.1, 0.15) is 5.75 Å². The van der Waals surface area contributed by atoms with Crippen LogP contribution < -0.4 is 19.6 Å². The van der Waals surface area contributed by atoms with E-state index >= 15 is 0 Å². The third-order valence-electron chi connectivity index (χ3n) is 4.03. The van der Waals surface area contributed by atoms with Gasteiger partial charge in [0.15, 0.2) is 16.9 Å². The average molecular weight is 339 g/mol. The second-order valence-electron chi connectivity index (χ2n) is 5.60. The first-order chi connectivity index (χ1) is 12.2. The molecule has 0 saturated carbocycles. The van der Waals surface area contributed by atoms with E-state index < -0.39 is 0 Å². The van der Waals surface area contributed by atoms with E-state index in [9.17, 15) is 4.79 Å². The molecule has 1 N–H and O–H groups in total. The number of hydrogen-bond donors (Lipinski definition) is 1. The van der Waals surface area contributed by atoms with Gasteiger partial charge in [-0.1, -0.05) is 25.1 Å². The van der Waals surface area contributed by atoms with Crippen molar-refractivity contribution in [1.29, 1.82) is 0 Å². The molecule has 0 bridgehead atoms. The van der Waals surface area contributed by atoms with E-state index in [0.29, 0.717) is 45.9 Å². The number of rotatable bonds is 6. The van der Waals surface area contributed by atoms with E-state index in [1.807, 2.05) is 31.2 Å². The Morgan fingerprint density at radius 2 is 1.72 bits per heavy atom. The lowest BCUT2D eigenvalue weighted by molar-refractivity contribution is 0.320. The molecule has 1 heterocycles. The third kappa shape index (κ3) is 3.05. The fourth-order valence-electron chi connectivity index (χ4n) is 2.86. The Balaban J connectivity index is 2.20. The maximum atomic E-state index is 13.1. The van der Waals surface area contributed by atoms with Gasteiger partial charge < -0.3 is 19.2 Å². The summed E-state index contributed by atoms with van der Waals surface area (Å²) in [6, 6.07) is 11.0.